The third-order valence-electron chi connectivity index (χ3n) is 4.07. The average molecular weight is 287 g/mol. The van der Waals surface area contributed by atoms with Crippen molar-refractivity contribution in [3.05, 3.63) is 46.1 Å². The zero-order valence-corrected chi connectivity index (χ0v) is 12.6. The molecule has 0 amide bonds. The van der Waals surface area contributed by atoms with Gasteiger partial charge in [0.05, 0.1) is 12.2 Å². The van der Waals surface area contributed by atoms with Crippen LogP contribution in [0.2, 0.25) is 0 Å². The highest BCUT2D eigenvalue weighted by Crippen LogP contribution is 2.17. The predicted octanol–water partition coefficient (Wildman–Crippen LogP) is 0.460. The number of hydrogen-bond donors (Lipinski definition) is 0. The van der Waals surface area contributed by atoms with Crippen LogP contribution in [0.15, 0.2) is 29.2 Å². The largest absolute Gasteiger partial charge is 0.302 e. The van der Waals surface area contributed by atoms with Crippen molar-refractivity contribution in [2.75, 3.05) is 19.6 Å². The van der Waals surface area contributed by atoms with Gasteiger partial charge < -0.3 is 4.90 Å². The van der Waals surface area contributed by atoms with Crippen LogP contribution in [0.25, 0.3) is 0 Å². The van der Waals surface area contributed by atoms with Crippen molar-refractivity contribution in [1.82, 2.24) is 24.5 Å². The van der Waals surface area contributed by atoms with Gasteiger partial charge in [0, 0.05) is 57.0 Å². The van der Waals surface area contributed by atoms with E-state index in [9.17, 15) is 4.79 Å². The molecule has 1 aliphatic rings. The molecule has 0 atom stereocenters. The molecule has 0 spiro atoms. The maximum atomic E-state index is 11.7. The second-order valence-electron chi connectivity index (χ2n) is 5.82. The highest BCUT2D eigenvalue weighted by Gasteiger charge is 2.27. The van der Waals surface area contributed by atoms with Gasteiger partial charge in [-0.1, -0.05) is 0 Å². The minimum absolute atomic E-state index is 0.00562. The summed E-state index contributed by atoms with van der Waals surface area (Å²) >= 11 is 0. The Labute approximate surface area is 124 Å². The fourth-order valence-corrected chi connectivity index (χ4v) is 2.82. The Kier molecular flexibility index (Phi) is 3.88. The lowest BCUT2D eigenvalue weighted by molar-refractivity contribution is 0.0849. The van der Waals surface area contributed by atoms with Crippen LogP contribution in [0.4, 0.5) is 0 Å². The molecule has 0 saturated carbocycles. The maximum Gasteiger partial charge on any atom is 0.266 e. The number of aromatic nitrogens is 4. The molecule has 1 fully saturated rings. The Hall–Kier alpha value is -1.95. The summed E-state index contributed by atoms with van der Waals surface area (Å²) in [4.78, 5) is 14.1. The van der Waals surface area contributed by atoms with Gasteiger partial charge in [0.2, 0.25) is 0 Å². The van der Waals surface area contributed by atoms with Gasteiger partial charge in [0.25, 0.3) is 5.56 Å². The second kappa shape index (κ2) is 5.81. The smallest absolute Gasteiger partial charge is 0.266 e. The molecule has 0 bridgehead atoms. The zero-order valence-electron chi connectivity index (χ0n) is 12.6. The third kappa shape index (κ3) is 3.21. The molecular weight excluding hydrogens is 266 g/mol. The Balaban J connectivity index is 1.47. The molecule has 2 aromatic heterocycles. The van der Waals surface area contributed by atoms with E-state index in [-0.39, 0.29) is 5.56 Å². The van der Waals surface area contributed by atoms with Crippen LogP contribution >= 0.6 is 0 Å². The first-order valence-electron chi connectivity index (χ1n) is 7.36. The van der Waals surface area contributed by atoms with Gasteiger partial charge in [-0.25, -0.2) is 4.68 Å². The van der Waals surface area contributed by atoms with Crippen LogP contribution in [0.1, 0.15) is 11.4 Å². The molecule has 112 valence electrons. The molecule has 0 aliphatic carbocycles. The van der Waals surface area contributed by atoms with E-state index in [4.69, 9.17) is 0 Å². The van der Waals surface area contributed by atoms with E-state index in [1.54, 1.807) is 16.8 Å². The molecule has 0 aromatic carbocycles. The number of aryl methyl sites for hydroxylation is 2. The highest BCUT2D eigenvalue weighted by molar-refractivity contribution is 5.01. The molecule has 6 nitrogen and oxygen atoms in total. The summed E-state index contributed by atoms with van der Waals surface area (Å²) in [5.74, 6) is 0.531. The fourth-order valence-electron chi connectivity index (χ4n) is 2.82. The zero-order chi connectivity index (χ0) is 14.8. The van der Waals surface area contributed by atoms with E-state index in [1.165, 1.54) is 5.69 Å². The number of rotatable bonds is 5. The Morgan fingerprint density at radius 1 is 1.29 bits per heavy atom. The van der Waals surface area contributed by atoms with Crippen molar-refractivity contribution >= 4 is 0 Å². The SMILES string of the molecule is Cc1ccc(=O)n(CC2CN(CCc3ccnn3C)C2)n1. The number of likely N-dealkylation sites (tertiary alicyclic amines) is 1. The number of hydrogen-bond acceptors (Lipinski definition) is 4. The summed E-state index contributed by atoms with van der Waals surface area (Å²) < 4.78 is 3.52. The van der Waals surface area contributed by atoms with Crippen LogP contribution < -0.4 is 5.56 Å². The van der Waals surface area contributed by atoms with Crippen LogP contribution in [-0.4, -0.2) is 44.1 Å². The molecule has 6 heteroatoms. The molecule has 3 heterocycles. The van der Waals surface area contributed by atoms with E-state index >= 15 is 0 Å². The molecule has 0 radical (unpaired) electrons. The van der Waals surface area contributed by atoms with E-state index in [1.807, 2.05) is 24.9 Å². The van der Waals surface area contributed by atoms with E-state index in [0.717, 1.165) is 38.3 Å². The molecular formula is C15H21N5O. The minimum atomic E-state index is -0.00562. The topological polar surface area (TPSA) is 56.0 Å². The molecule has 0 N–H and O–H groups in total. The Morgan fingerprint density at radius 2 is 2.10 bits per heavy atom. The van der Waals surface area contributed by atoms with Crippen molar-refractivity contribution in [2.45, 2.75) is 19.9 Å². The van der Waals surface area contributed by atoms with E-state index in [0.29, 0.717) is 5.92 Å². The Morgan fingerprint density at radius 3 is 2.81 bits per heavy atom. The van der Waals surface area contributed by atoms with Gasteiger partial charge in [-0.3, -0.25) is 9.48 Å². The molecule has 3 rings (SSSR count). The van der Waals surface area contributed by atoms with Crippen molar-refractivity contribution in [3.8, 4) is 0 Å². The first kappa shape index (κ1) is 14.0. The van der Waals surface area contributed by atoms with Gasteiger partial charge in [-0.15, -0.1) is 0 Å². The van der Waals surface area contributed by atoms with Crippen LogP contribution in [-0.2, 0) is 20.0 Å². The lowest BCUT2D eigenvalue weighted by Gasteiger charge is -2.39. The summed E-state index contributed by atoms with van der Waals surface area (Å²) in [5, 5.41) is 8.47. The van der Waals surface area contributed by atoms with Crippen molar-refractivity contribution in [1.29, 1.82) is 0 Å². The maximum absolute atomic E-state index is 11.7. The second-order valence-corrected chi connectivity index (χ2v) is 5.82. The summed E-state index contributed by atoms with van der Waals surface area (Å²) in [6, 6.07) is 5.43. The summed E-state index contributed by atoms with van der Waals surface area (Å²) in [6.45, 7) is 5.77. The number of nitrogens with zero attached hydrogens (tertiary/aromatic N) is 5. The van der Waals surface area contributed by atoms with Gasteiger partial charge >= 0.3 is 0 Å². The summed E-state index contributed by atoms with van der Waals surface area (Å²) in [6.07, 6.45) is 2.86. The van der Waals surface area contributed by atoms with E-state index in [2.05, 4.69) is 21.2 Å². The molecule has 1 aliphatic heterocycles. The monoisotopic (exact) mass is 287 g/mol. The minimum Gasteiger partial charge on any atom is -0.302 e. The normalized spacial score (nSPS) is 16.1. The molecule has 21 heavy (non-hydrogen) atoms. The van der Waals surface area contributed by atoms with E-state index < -0.39 is 0 Å². The average Bonchev–Trinajstić information content (AvgIpc) is 2.81. The highest BCUT2D eigenvalue weighted by atomic mass is 16.1. The van der Waals surface area contributed by atoms with Crippen molar-refractivity contribution in [2.24, 2.45) is 13.0 Å². The fraction of sp³-hybridized carbons (Fsp3) is 0.533. The van der Waals surface area contributed by atoms with Crippen LogP contribution in [0.3, 0.4) is 0 Å². The lowest BCUT2D eigenvalue weighted by Crippen LogP contribution is -2.50. The van der Waals surface area contributed by atoms with Crippen molar-refractivity contribution < 1.29 is 0 Å². The van der Waals surface area contributed by atoms with Crippen LogP contribution in [0.5, 0.6) is 0 Å². The van der Waals surface area contributed by atoms with Gasteiger partial charge in [-0.05, 0) is 19.1 Å². The first-order chi connectivity index (χ1) is 10.1. The standard InChI is InChI=1S/C15H21N5O/c1-12-3-4-15(21)20(17-12)11-13-9-19(10-13)8-6-14-5-7-16-18(14)2/h3-5,7,13H,6,8-11H2,1-2H3. The summed E-state index contributed by atoms with van der Waals surface area (Å²) in [5.41, 5.74) is 2.14. The summed E-state index contributed by atoms with van der Waals surface area (Å²) in [7, 11) is 1.98. The van der Waals surface area contributed by atoms with Gasteiger partial charge in [0.15, 0.2) is 0 Å². The quantitative estimate of drug-likeness (QED) is 0.802. The molecule has 0 unspecified atom stereocenters. The third-order valence-corrected chi connectivity index (χ3v) is 4.07. The first-order valence-corrected chi connectivity index (χ1v) is 7.36. The lowest BCUT2D eigenvalue weighted by atomic mass is 10.00. The van der Waals surface area contributed by atoms with Gasteiger partial charge in [0.1, 0.15) is 0 Å². The predicted molar refractivity (Wildman–Crippen MR) is 80.1 cm³/mol. The Bertz CT molecular complexity index is 669. The molecule has 1 saturated heterocycles. The van der Waals surface area contributed by atoms with Crippen molar-refractivity contribution in [3.63, 3.8) is 0 Å². The van der Waals surface area contributed by atoms with Gasteiger partial charge in [-0.2, -0.15) is 10.2 Å². The van der Waals surface area contributed by atoms with Crippen LogP contribution in [0, 0.1) is 12.8 Å². The molecule has 2 aromatic rings.